The second-order valence-corrected chi connectivity index (χ2v) is 4.72. The summed E-state index contributed by atoms with van der Waals surface area (Å²) in [6.07, 6.45) is 0. The molecule has 1 atom stereocenters. The van der Waals surface area contributed by atoms with Crippen molar-refractivity contribution < 1.29 is 9.47 Å². The van der Waals surface area contributed by atoms with Crippen molar-refractivity contribution in [3.05, 3.63) is 35.4 Å². The fraction of sp³-hybridized carbons (Fsp3) is 0.500. The summed E-state index contributed by atoms with van der Waals surface area (Å²) in [4.78, 5) is 2.19. The average Bonchev–Trinajstić information content (AvgIpc) is 2.47. The normalized spacial score (nSPS) is 28.4. The number of nitrogens with zero attached hydrogens (tertiary/aromatic N) is 2. The molecule has 18 heavy (non-hydrogen) atoms. The van der Waals surface area contributed by atoms with Crippen molar-refractivity contribution in [3.63, 3.8) is 0 Å². The minimum Gasteiger partial charge on any atom is -0.379 e. The van der Waals surface area contributed by atoms with Crippen molar-refractivity contribution in [1.82, 2.24) is 4.90 Å². The highest BCUT2D eigenvalue weighted by molar-refractivity contribution is 5.40. The maximum atomic E-state index is 9.73. The highest BCUT2D eigenvalue weighted by Gasteiger charge is 2.43. The number of morpholine rings is 1. The van der Waals surface area contributed by atoms with Crippen molar-refractivity contribution in [2.75, 3.05) is 32.9 Å². The Kier molecular flexibility index (Phi) is 3.04. The zero-order valence-corrected chi connectivity index (χ0v) is 10.3. The number of benzene rings is 1. The number of fused-ring (bicyclic) bond motifs is 1. The summed E-state index contributed by atoms with van der Waals surface area (Å²) in [6, 6.07) is 10.6. The van der Waals surface area contributed by atoms with Gasteiger partial charge in [0.25, 0.3) is 0 Å². The third-order valence-electron chi connectivity index (χ3n) is 3.77. The molecule has 0 aromatic heterocycles. The lowest BCUT2D eigenvalue weighted by Gasteiger charge is -2.43. The Morgan fingerprint density at radius 3 is 2.72 bits per heavy atom. The summed E-state index contributed by atoms with van der Waals surface area (Å²) in [5.74, 6) is 0. The van der Waals surface area contributed by atoms with E-state index >= 15 is 0 Å². The lowest BCUT2D eigenvalue weighted by Crippen LogP contribution is -2.54. The van der Waals surface area contributed by atoms with Gasteiger partial charge in [0.2, 0.25) is 0 Å². The zero-order chi connectivity index (χ0) is 12.4. The van der Waals surface area contributed by atoms with Crippen LogP contribution in [0.3, 0.4) is 0 Å². The average molecular weight is 244 g/mol. The van der Waals surface area contributed by atoms with E-state index in [1.807, 2.05) is 18.2 Å². The molecule has 1 aromatic rings. The Hall–Kier alpha value is -1.41. The van der Waals surface area contributed by atoms with Crippen molar-refractivity contribution in [2.45, 2.75) is 12.1 Å². The van der Waals surface area contributed by atoms with Gasteiger partial charge in [-0.1, -0.05) is 24.3 Å². The SMILES string of the molecule is N#CC1(N2CCOCC2)COCc2ccccc21. The van der Waals surface area contributed by atoms with Gasteiger partial charge in [0, 0.05) is 13.1 Å². The van der Waals surface area contributed by atoms with Gasteiger partial charge in [-0.2, -0.15) is 5.26 Å². The molecule has 0 spiro atoms. The molecule has 1 aromatic carbocycles. The molecular weight excluding hydrogens is 228 g/mol. The van der Waals surface area contributed by atoms with Crippen LogP contribution in [0.25, 0.3) is 0 Å². The largest absolute Gasteiger partial charge is 0.379 e. The van der Waals surface area contributed by atoms with E-state index in [9.17, 15) is 5.26 Å². The maximum Gasteiger partial charge on any atom is 0.158 e. The molecule has 0 saturated carbocycles. The quantitative estimate of drug-likeness (QED) is 0.746. The molecule has 1 unspecified atom stereocenters. The topological polar surface area (TPSA) is 45.5 Å². The number of hydrogen-bond donors (Lipinski definition) is 0. The second-order valence-electron chi connectivity index (χ2n) is 4.72. The molecule has 2 heterocycles. The lowest BCUT2D eigenvalue weighted by atomic mass is 9.84. The molecule has 1 saturated heterocycles. The van der Waals surface area contributed by atoms with E-state index in [0.717, 1.165) is 24.2 Å². The molecular formula is C14H16N2O2. The summed E-state index contributed by atoms with van der Waals surface area (Å²) >= 11 is 0. The van der Waals surface area contributed by atoms with Gasteiger partial charge < -0.3 is 9.47 Å². The van der Waals surface area contributed by atoms with Crippen molar-refractivity contribution in [1.29, 1.82) is 5.26 Å². The van der Waals surface area contributed by atoms with Gasteiger partial charge in [-0.05, 0) is 11.1 Å². The summed E-state index contributed by atoms with van der Waals surface area (Å²) in [6.45, 7) is 3.98. The van der Waals surface area contributed by atoms with Crippen LogP contribution in [0.4, 0.5) is 0 Å². The Labute approximate surface area is 107 Å². The first-order chi connectivity index (χ1) is 8.87. The van der Waals surface area contributed by atoms with E-state index in [1.165, 1.54) is 0 Å². The molecule has 1 fully saturated rings. The van der Waals surface area contributed by atoms with Gasteiger partial charge in [0.1, 0.15) is 0 Å². The summed E-state index contributed by atoms with van der Waals surface area (Å²) in [5.41, 5.74) is 1.58. The van der Waals surface area contributed by atoms with Crippen molar-refractivity contribution in [2.24, 2.45) is 0 Å². The zero-order valence-electron chi connectivity index (χ0n) is 10.3. The minimum atomic E-state index is -0.640. The number of ether oxygens (including phenoxy) is 2. The van der Waals surface area contributed by atoms with Gasteiger partial charge in [0.15, 0.2) is 5.54 Å². The molecule has 4 heteroatoms. The molecule has 0 bridgehead atoms. The predicted octanol–water partition coefficient (Wildman–Crippen LogP) is 1.27. The molecule has 2 aliphatic heterocycles. The first-order valence-corrected chi connectivity index (χ1v) is 6.27. The van der Waals surface area contributed by atoms with Gasteiger partial charge in [-0.15, -0.1) is 0 Å². The van der Waals surface area contributed by atoms with Gasteiger partial charge in [-0.3, -0.25) is 4.90 Å². The van der Waals surface area contributed by atoms with E-state index in [4.69, 9.17) is 9.47 Å². The third kappa shape index (κ3) is 1.72. The smallest absolute Gasteiger partial charge is 0.158 e. The van der Waals surface area contributed by atoms with Crippen LogP contribution in [0.1, 0.15) is 11.1 Å². The molecule has 2 aliphatic rings. The van der Waals surface area contributed by atoms with Crippen LogP contribution < -0.4 is 0 Å². The van der Waals surface area contributed by atoms with Crippen LogP contribution in [-0.2, 0) is 21.6 Å². The molecule has 4 nitrogen and oxygen atoms in total. The Balaban J connectivity index is 2.04. The summed E-state index contributed by atoms with van der Waals surface area (Å²) in [5, 5.41) is 9.73. The van der Waals surface area contributed by atoms with Gasteiger partial charge in [-0.25, -0.2) is 0 Å². The Bertz CT molecular complexity index is 477. The molecule has 3 rings (SSSR count). The second kappa shape index (κ2) is 4.69. The number of hydrogen-bond acceptors (Lipinski definition) is 4. The monoisotopic (exact) mass is 244 g/mol. The van der Waals surface area contributed by atoms with Gasteiger partial charge in [0.05, 0.1) is 32.5 Å². The molecule has 0 amide bonds. The minimum absolute atomic E-state index is 0.445. The molecule has 94 valence electrons. The predicted molar refractivity (Wildman–Crippen MR) is 65.8 cm³/mol. The number of rotatable bonds is 1. The standard InChI is InChI=1S/C14H16N2O2/c15-10-14(16-5-7-17-8-6-16)11-18-9-12-3-1-2-4-13(12)14/h1-4H,5-9,11H2. The summed E-state index contributed by atoms with van der Waals surface area (Å²) < 4.78 is 11.0. The van der Waals surface area contributed by atoms with Crippen molar-refractivity contribution in [3.8, 4) is 6.07 Å². The fourth-order valence-electron chi connectivity index (χ4n) is 2.81. The van der Waals surface area contributed by atoms with Crippen LogP contribution in [-0.4, -0.2) is 37.8 Å². The first-order valence-electron chi connectivity index (χ1n) is 6.27. The maximum absolute atomic E-state index is 9.73. The van der Waals surface area contributed by atoms with Crippen molar-refractivity contribution >= 4 is 0 Å². The van der Waals surface area contributed by atoms with Gasteiger partial charge >= 0.3 is 0 Å². The van der Waals surface area contributed by atoms with E-state index in [0.29, 0.717) is 26.4 Å². The highest BCUT2D eigenvalue weighted by atomic mass is 16.5. The van der Waals surface area contributed by atoms with E-state index in [1.54, 1.807) is 0 Å². The first kappa shape index (κ1) is 11.7. The van der Waals surface area contributed by atoms with Crippen LogP contribution in [0.2, 0.25) is 0 Å². The van der Waals surface area contributed by atoms with Crippen LogP contribution in [0.15, 0.2) is 24.3 Å². The molecule has 0 radical (unpaired) electrons. The van der Waals surface area contributed by atoms with Crippen LogP contribution >= 0.6 is 0 Å². The van der Waals surface area contributed by atoms with E-state index in [-0.39, 0.29) is 0 Å². The van der Waals surface area contributed by atoms with E-state index in [2.05, 4.69) is 17.0 Å². The van der Waals surface area contributed by atoms with Crippen LogP contribution in [0, 0.1) is 11.3 Å². The lowest BCUT2D eigenvalue weighted by molar-refractivity contribution is -0.0526. The molecule has 0 aliphatic carbocycles. The Morgan fingerprint density at radius 1 is 1.17 bits per heavy atom. The third-order valence-corrected chi connectivity index (χ3v) is 3.77. The summed E-state index contributed by atoms with van der Waals surface area (Å²) in [7, 11) is 0. The Morgan fingerprint density at radius 2 is 1.94 bits per heavy atom. The fourth-order valence-corrected chi connectivity index (χ4v) is 2.81. The number of nitriles is 1. The van der Waals surface area contributed by atoms with E-state index < -0.39 is 5.54 Å². The van der Waals surface area contributed by atoms with Crippen LogP contribution in [0.5, 0.6) is 0 Å². The highest BCUT2D eigenvalue weighted by Crippen LogP contribution is 2.35. The molecule has 0 N–H and O–H groups in total.